The number of aryl methyl sites for hydroxylation is 1. The van der Waals surface area contributed by atoms with Crippen molar-refractivity contribution in [1.82, 2.24) is 5.32 Å². The molecule has 0 aromatic heterocycles. The normalized spacial score (nSPS) is 13.2. The minimum atomic E-state index is 0.0423. The lowest BCUT2D eigenvalue weighted by molar-refractivity contribution is 0.414. The van der Waals surface area contributed by atoms with Crippen LogP contribution in [-0.4, -0.2) is 7.11 Å². The summed E-state index contributed by atoms with van der Waals surface area (Å²) in [7, 11) is 1.68. The van der Waals surface area contributed by atoms with Gasteiger partial charge in [-0.1, -0.05) is 54.1 Å². The number of rotatable bonds is 6. The van der Waals surface area contributed by atoms with Gasteiger partial charge in [-0.25, -0.2) is 0 Å². The van der Waals surface area contributed by atoms with Crippen molar-refractivity contribution < 1.29 is 4.74 Å². The average Bonchev–Trinajstić information content (AvgIpc) is 2.66. The molecule has 3 nitrogen and oxygen atoms in total. The van der Waals surface area contributed by atoms with E-state index < -0.39 is 0 Å². The topological polar surface area (TPSA) is 47.3 Å². The number of hydrogen-bond donors (Lipinski definition) is 2. The molecule has 0 aliphatic rings. The molecule has 0 bridgehead atoms. The van der Waals surface area contributed by atoms with Gasteiger partial charge in [-0.2, -0.15) is 0 Å². The summed E-state index contributed by atoms with van der Waals surface area (Å²) in [4.78, 5) is 0. The van der Waals surface area contributed by atoms with Crippen LogP contribution in [-0.2, 0) is 0 Å². The molecule has 0 amide bonds. The standard InChI is InChI=1S/C23H26N2O/c1-16-7-9-18(10-8-16)17(2)25-23(20-5-4-6-21(24)15-20)19-11-13-22(26-3)14-12-19/h4-15,17,23,25H,24H2,1-3H3/t17-,23?/m1/s1. The maximum Gasteiger partial charge on any atom is 0.118 e. The Morgan fingerprint density at radius 2 is 1.50 bits per heavy atom. The van der Waals surface area contributed by atoms with E-state index in [2.05, 4.69) is 61.6 Å². The van der Waals surface area contributed by atoms with Crippen LogP contribution in [0.25, 0.3) is 0 Å². The van der Waals surface area contributed by atoms with Gasteiger partial charge in [0.15, 0.2) is 0 Å². The third kappa shape index (κ3) is 4.24. The molecule has 3 aromatic carbocycles. The van der Waals surface area contributed by atoms with Crippen LogP contribution >= 0.6 is 0 Å². The second-order valence-corrected chi connectivity index (χ2v) is 6.68. The first-order valence-corrected chi connectivity index (χ1v) is 8.89. The van der Waals surface area contributed by atoms with Gasteiger partial charge in [0.1, 0.15) is 5.75 Å². The Bertz CT molecular complexity index is 841. The number of nitrogens with one attached hydrogen (secondary N) is 1. The Hall–Kier alpha value is -2.78. The summed E-state index contributed by atoms with van der Waals surface area (Å²) in [5, 5.41) is 3.75. The molecule has 1 unspecified atom stereocenters. The molecule has 0 fully saturated rings. The van der Waals surface area contributed by atoms with E-state index in [0.29, 0.717) is 0 Å². The highest BCUT2D eigenvalue weighted by molar-refractivity contribution is 5.45. The molecular weight excluding hydrogens is 320 g/mol. The Kier molecular flexibility index (Phi) is 5.59. The van der Waals surface area contributed by atoms with Crippen LogP contribution < -0.4 is 15.8 Å². The molecule has 0 saturated carbocycles. The van der Waals surface area contributed by atoms with E-state index in [0.717, 1.165) is 17.0 Å². The van der Waals surface area contributed by atoms with Crippen molar-refractivity contribution in [3.05, 3.63) is 95.1 Å². The molecule has 0 heterocycles. The average molecular weight is 346 g/mol. The Labute approximate surface area is 155 Å². The van der Waals surface area contributed by atoms with Crippen LogP contribution in [0.3, 0.4) is 0 Å². The van der Waals surface area contributed by atoms with Gasteiger partial charge in [-0.3, -0.25) is 5.32 Å². The predicted octanol–water partition coefficient (Wildman–Crippen LogP) is 5.03. The summed E-state index contributed by atoms with van der Waals surface area (Å²) in [5.74, 6) is 0.853. The summed E-state index contributed by atoms with van der Waals surface area (Å²) < 4.78 is 5.29. The fourth-order valence-corrected chi connectivity index (χ4v) is 3.12. The summed E-state index contributed by atoms with van der Waals surface area (Å²) in [6.45, 7) is 4.29. The van der Waals surface area contributed by atoms with Gasteiger partial charge >= 0.3 is 0 Å². The highest BCUT2D eigenvalue weighted by atomic mass is 16.5. The molecule has 134 valence electrons. The number of anilines is 1. The van der Waals surface area contributed by atoms with Crippen molar-refractivity contribution >= 4 is 5.69 Å². The first-order chi connectivity index (χ1) is 12.6. The summed E-state index contributed by atoms with van der Waals surface area (Å²) in [5.41, 5.74) is 11.7. The minimum Gasteiger partial charge on any atom is -0.497 e. The molecule has 0 aliphatic carbocycles. The molecule has 3 rings (SSSR count). The zero-order valence-corrected chi connectivity index (χ0v) is 15.6. The second-order valence-electron chi connectivity index (χ2n) is 6.68. The Balaban J connectivity index is 1.92. The van der Waals surface area contributed by atoms with Gasteiger partial charge in [0, 0.05) is 11.7 Å². The number of hydrogen-bond acceptors (Lipinski definition) is 3. The second kappa shape index (κ2) is 8.07. The lowest BCUT2D eigenvalue weighted by atomic mass is 9.96. The van der Waals surface area contributed by atoms with E-state index in [1.165, 1.54) is 16.7 Å². The van der Waals surface area contributed by atoms with E-state index in [9.17, 15) is 0 Å². The van der Waals surface area contributed by atoms with Crippen LogP contribution in [0.2, 0.25) is 0 Å². The first-order valence-electron chi connectivity index (χ1n) is 8.89. The Morgan fingerprint density at radius 3 is 2.12 bits per heavy atom. The van der Waals surface area contributed by atoms with Gasteiger partial charge in [0.25, 0.3) is 0 Å². The molecular formula is C23H26N2O. The smallest absolute Gasteiger partial charge is 0.118 e. The maximum absolute atomic E-state index is 6.03. The van der Waals surface area contributed by atoms with Crippen LogP contribution in [0.4, 0.5) is 5.69 Å². The third-order valence-corrected chi connectivity index (χ3v) is 4.69. The quantitative estimate of drug-likeness (QED) is 0.616. The highest BCUT2D eigenvalue weighted by Crippen LogP contribution is 2.28. The molecule has 26 heavy (non-hydrogen) atoms. The molecule has 3 heteroatoms. The number of nitrogen functional groups attached to an aromatic ring is 1. The van der Waals surface area contributed by atoms with E-state index in [4.69, 9.17) is 10.5 Å². The summed E-state index contributed by atoms with van der Waals surface area (Å²) in [6.07, 6.45) is 0. The van der Waals surface area contributed by atoms with Gasteiger partial charge in [0.2, 0.25) is 0 Å². The predicted molar refractivity (Wildman–Crippen MR) is 108 cm³/mol. The highest BCUT2D eigenvalue weighted by Gasteiger charge is 2.18. The van der Waals surface area contributed by atoms with Crippen molar-refractivity contribution in [1.29, 1.82) is 0 Å². The zero-order chi connectivity index (χ0) is 18.5. The van der Waals surface area contributed by atoms with Crippen molar-refractivity contribution in [2.75, 3.05) is 12.8 Å². The molecule has 2 atom stereocenters. The SMILES string of the molecule is COc1ccc(C(N[C@H](C)c2ccc(C)cc2)c2cccc(N)c2)cc1. The number of benzene rings is 3. The van der Waals surface area contributed by atoms with E-state index in [1.807, 2.05) is 30.3 Å². The van der Waals surface area contributed by atoms with Gasteiger partial charge in [-0.05, 0) is 54.8 Å². The number of methoxy groups -OCH3 is 1. The maximum atomic E-state index is 6.03. The van der Waals surface area contributed by atoms with Crippen LogP contribution in [0.1, 0.15) is 41.3 Å². The van der Waals surface area contributed by atoms with Gasteiger partial charge in [-0.15, -0.1) is 0 Å². The third-order valence-electron chi connectivity index (χ3n) is 4.69. The Morgan fingerprint density at radius 1 is 0.846 bits per heavy atom. The number of nitrogens with two attached hydrogens (primary N) is 1. The van der Waals surface area contributed by atoms with E-state index in [1.54, 1.807) is 7.11 Å². The molecule has 0 aliphatic heterocycles. The van der Waals surface area contributed by atoms with Crippen molar-refractivity contribution in [3.63, 3.8) is 0 Å². The largest absolute Gasteiger partial charge is 0.497 e. The van der Waals surface area contributed by atoms with Gasteiger partial charge < -0.3 is 10.5 Å². The first kappa shape index (κ1) is 18.0. The fraction of sp³-hybridized carbons (Fsp3) is 0.217. The van der Waals surface area contributed by atoms with Crippen molar-refractivity contribution in [2.24, 2.45) is 0 Å². The minimum absolute atomic E-state index is 0.0423. The fourth-order valence-electron chi connectivity index (χ4n) is 3.12. The summed E-state index contributed by atoms with van der Waals surface area (Å²) in [6, 6.07) is 25.1. The van der Waals surface area contributed by atoms with Crippen molar-refractivity contribution in [3.8, 4) is 5.75 Å². The monoisotopic (exact) mass is 346 g/mol. The van der Waals surface area contributed by atoms with Crippen molar-refractivity contribution in [2.45, 2.75) is 25.9 Å². The van der Waals surface area contributed by atoms with E-state index >= 15 is 0 Å². The number of ether oxygens (including phenoxy) is 1. The van der Waals surface area contributed by atoms with Crippen LogP contribution in [0, 0.1) is 6.92 Å². The van der Waals surface area contributed by atoms with Gasteiger partial charge in [0.05, 0.1) is 13.2 Å². The van der Waals surface area contributed by atoms with Crippen LogP contribution in [0.15, 0.2) is 72.8 Å². The molecule has 0 saturated heterocycles. The zero-order valence-electron chi connectivity index (χ0n) is 15.6. The molecule has 3 aromatic rings. The lowest BCUT2D eigenvalue weighted by Crippen LogP contribution is -2.25. The molecule has 3 N–H and O–H groups in total. The summed E-state index contributed by atoms with van der Waals surface area (Å²) >= 11 is 0. The lowest BCUT2D eigenvalue weighted by Gasteiger charge is -2.25. The molecule has 0 spiro atoms. The molecule has 0 radical (unpaired) electrons. The van der Waals surface area contributed by atoms with Crippen LogP contribution in [0.5, 0.6) is 5.75 Å². The van der Waals surface area contributed by atoms with E-state index in [-0.39, 0.29) is 12.1 Å².